The number of halogens is 2. The molecule has 0 fully saturated rings. The second-order valence-corrected chi connectivity index (χ2v) is 9.09. The van der Waals surface area contributed by atoms with E-state index in [1.54, 1.807) is 24.3 Å². The van der Waals surface area contributed by atoms with Gasteiger partial charge in [-0.2, -0.15) is 0 Å². The maximum absolute atomic E-state index is 12.9. The summed E-state index contributed by atoms with van der Waals surface area (Å²) in [6.45, 7) is 3.66. The van der Waals surface area contributed by atoms with Crippen LogP contribution in [0.2, 0.25) is 5.02 Å². The Morgan fingerprint density at radius 3 is 2.48 bits per heavy atom. The summed E-state index contributed by atoms with van der Waals surface area (Å²) in [6, 6.07) is 7.95. The van der Waals surface area contributed by atoms with Crippen LogP contribution in [0.1, 0.15) is 11.5 Å². The highest BCUT2D eigenvalue weighted by atomic mass is 79.9. The number of hydrogen-bond acceptors (Lipinski definition) is 6. The molecule has 0 aliphatic heterocycles. The highest BCUT2D eigenvalue weighted by Gasteiger charge is 2.26. The van der Waals surface area contributed by atoms with Crippen LogP contribution in [0.4, 0.5) is 5.69 Å². The Labute approximate surface area is 178 Å². The molecule has 29 heavy (non-hydrogen) atoms. The minimum absolute atomic E-state index is 0.0368. The summed E-state index contributed by atoms with van der Waals surface area (Å²) >= 11 is 9.40. The van der Waals surface area contributed by atoms with E-state index in [1.807, 2.05) is 13.8 Å². The molecule has 0 bridgehead atoms. The number of nitrogens with one attached hydrogen (secondary N) is 2. The number of benzene rings is 2. The van der Waals surface area contributed by atoms with Crippen LogP contribution in [-0.2, 0) is 10.0 Å². The van der Waals surface area contributed by atoms with Crippen molar-refractivity contribution in [1.82, 2.24) is 9.97 Å². The van der Waals surface area contributed by atoms with Crippen LogP contribution >= 0.6 is 27.5 Å². The number of anilines is 1. The van der Waals surface area contributed by atoms with Gasteiger partial charge in [-0.3, -0.25) is 9.71 Å². The van der Waals surface area contributed by atoms with Gasteiger partial charge in [0.05, 0.1) is 11.2 Å². The van der Waals surface area contributed by atoms with E-state index in [0.717, 1.165) is 11.5 Å². The van der Waals surface area contributed by atoms with Crippen LogP contribution in [-0.4, -0.2) is 18.4 Å². The molecule has 150 valence electrons. The predicted octanol–water partition coefficient (Wildman–Crippen LogP) is 4.61. The third kappa shape index (κ3) is 3.59. The van der Waals surface area contributed by atoms with E-state index in [2.05, 4.69) is 30.6 Å². The van der Waals surface area contributed by atoms with Crippen LogP contribution in [0.5, 0.6) is 0 Å². The highest BCUT2D eigenvalue weighted by molar-refractivity contribution is 9.10. The molecule has 0 unspecified atom stereocenters. The topological polar surface area (TPSA) is 118 Å². The van der Waals surface area contributed by atoms with Gasteiger partial charge in [0.25, 0.3) is 10.0 Å². The molecule has 0 aliphatic rings. The fourth-order valence-electron chi connectivity index (χ4n) is 2.73. The molecule has 0 aliphatic carbocycles. The van der Waals surface area contributed by atoms with Gasteiger partial charge < -0.3 is 8.83 Å². The van der Waals surface area contributed by atoms with E-state index >= 15 is 0 Å². The van der Waals surface area contributed by atoms with Crippen LogP contribution in [0.15, 0.2) is 53.3 Å². The number of aromatic amines is 1. The number of nitrogens with zero attached hydrogens (tertiary/aromatic N) is 1. The summed E-state index contributed by atoms with van der Waals surface area (Å²) in [5.74, 6) is 0.438. The zero-order valence-corrected chi connectivity index (χ0v) is 18.2. The van der Waals surface area contributed by atoms with E-state index in [4.69, 9.17) is 20.4 Å². The Kier molecular flexibility index (Phi) is 4.80. The standard InChI is InChI=1S/C18H13BrClN3O5S/c1-8-9(2)27-17(21-8)10-3-5-11(6-4-10)23-29(25,26)16-12(19)7-13-15(14(16)20)28-18(24)22-13/h3-7,23H,1-2H3,(H,22,24). The molecular weight excluding hydrogens is 486 g/mol. The lowest BCUT2D eigenvalue weighted by molar-refractivity contribution is 0.541. The zero-order valence-electron chi connectivity index (χ0n) is 15.0. The van der Waals surface area contributed by atoms with Gasteiger partial charge in [0, 0.05) is 15.7 Å². The number of aryl methyl sites for hydroxylation is 2. The second-order valence-electron chi connectivity index (χ2n) is 6.24. The van der Waals surface area contributed by atoms with Crippen LogP contribution < -0.4 is 10.5 Å². The lowest BCUT2D eigenvalue weighted by atomic mass is 10.2. The maximum Gasteiger partial charge on any atom is 0.417 e. The van der Waals surface area contributed by atoms with Crippen molar-refractivity contribution in [3.05, 3.63) is 61.8 Å². The molecule has 2 aromatic heterocycles. The molecule has 0 saturated heterocycles. The zero-order chi connectivity index (χ0) is 20.9. The highest BCUT2D eigenvalue weighted by Crippen LogP contribution is 2.36. The third-order valence-electron chi connectivity index (χ3n) is 4.24. The van der Waals surface area contributed by atoms with E-state index in [0.29, 0.717) is 17.1 Å². The first-order valence-electron chi connectivity index (χ1n) is 8.24. The van der Waals surface area contributed by atoms with Gasteiger partial charge in [-0.15, -0.1) is 0 Å². The second kappa shape index (κ2) is 7.05. The summed E-state index contributed by atoms with van der Waals surface area (Å²) in [7, 11) is -4.08. The molecule has 4 aromatic rings. The number of hydrogen-bond donors (Lipinski definition) is 2. The van der Waals surface area contributed by atoms with Crippen molar-refractivity contribution in [1.29, 1.82) is 0 Å². The number of sulfonamides is 1. The Morgan fingerprint density at radius 2 is 1.86 bits per heavy atom. The summed E-state index contributed by atoms with van der Waals surface area (Å²) in [6.07, 6.45) is 0. The number of rotatable bonds is 4. The monoisotopic (exact) mass is 497 g/mol. The molecule has 0 amide bonds. The number of H-pyrrole nitrogens is 1. The fraction of sp³-hybridized carbons (Fsp3) is 0.111. The average Bonchev–Trinajstić information content (AvgIpc) is 3.17. The number of aromatic nitrogens is 2. The van der Waals surface area contributed by atoms with Crippen molar-refractivity contribution in [2.75, 3.05) is 4.72 Å². The van der Waals surface area contributed by atoms with Gasteiger partial charge in [0.15, 0.2) is 5.58 Å². The minimum atomic E-state index is -4.08. The molecule has 4 rings (SSSR count). The summed E-state index contributed by atoms with van der Waals surface area (Å²) in [4.78, 5) is 17.9. The van der Waals surface area contributed by atoms with Crippen molar-refractivity contribution < 1.29 is 17.3 Å². The quantitative estimate of drug-likeness (QED) is 0.424. The minimum Gasteiger partial charge on any atom is -0.441 e. The first-order valence-corrected chi connectivity index (χ1v) is 10.9. The normalized spacial score (nSPS) is 11.9. The summed E-state index contributed by atoms with van der Waals surface area (Å²) < 4.78 is 39.0. The Balaban J connectivity index is 1.69. The Morgan fingerprint density at radius 1 is 1.17 bits per heavy atom. The van der Waals surface area contributed by atoms with Gasteiger partial charge in [-0.05, 0) is 60.1 Å². The van der Waals surface area contributed by atoms with Crippen LogP contribution in [0.25, 0.3) is 22.6 Å². The molecule has 2 aromatic carbocycles. The van der Waals surface area contributed by atoms with Gasteiger partial charge in [-0.25, -0.2) is 18.2 Å². The Hall–Kier alpha value is -2.56. The first-order chi connectivity index (χ1) is 13.7. The van der Waals surface area contributed by atoms with Crippen molar-refractivity contribution in [2.24, 2.45) is 0 Å². The van der Waals surface area contributed by atoms with E-state index in [9.17, 15) is 13.2 Å². The molecule has 11 heteroatoms. The smallest absolute Gasteiger partial charge is 0.417 e. The average molecular weight is 499 g/mol. The molecular formula is C18H13BrClN3O5S. The van der Waals surface area contributed by atoms with Crippen molar-refractivity contribution in [2.45, 2.75) is 18.7 Å². The molecule has 0 atom stereocenters. The van der Waals surface area contributed by atoms with Gasteiger partial charge >= 0.3 is 5.76 Å². The van der Waals surface area contributed by atoms with E-state index in [-0.39, 0.29) is 25.5 Å². The predicted molar refractivity (Wildman–Crippen MR) is 112 cm³/mol. The van der Waals surface area contributed by atoms with Crippen molar-refractivity contribution in [3.8, 4) is 11.5 Å². The number of fused-ring (bicyclic) bond motifs is 1. The lowest BCUT2D eigenvalue weighted by Gasteiger charge is -2.11. The largest absolute Gasteiger partial charge is 0.441 e. The first kappa shape index (κ1) is 19.7. The fourth-order valence-corrected chi connectivity index (χ4v) is 5.65. The van der Waals surface area contributed by atoms with Gasteiger partial charge in [0.1, 0.15) is 15.7 Å². The molecule has 8 nitrogen and oxygen atoms in total. The molecule has 0 radical (unpaired) electrons. The number of oxazole rings is 2. The van der Waals surface area contributed by atoms with Crippen molar-refractivity contribution >= 4 is 54.3 Å². The SMILES string of the molecule is Cc1nc(-c2ccc(NS(=O)(=O)c3c(Br)cc4[nH]c(=O)oc4c3Cl)cc2)oc1C. The Bertz CT molecular complexity index is 1380. The lowest BCUT2D eigenvalue weighted by Crippen LogP contribution is -2.14. The molecule has 0 spiro atoms. The van der Waals surface area contributed by atoms with Gasteiger partial charge in [-0.1, -0.05) is 11.6 Å². The van der Waals surface area contributed by atoms with Crippen molar-refractivity contribution in [3.63, 3.8) is 0 Å². The summed E-state index contributed by atoms with van der Waals surface area (Å²) in [5.41, 5.74) is 2.05. The van der Waals surface area contributed by atoms with Gasteiger partial charge in [0.2, 0.25) is 5.89 Å². The third-order valence-corrected chi connectivity index (χ3v) is 7.07. The molecule has 0 saturated carbocycles. The van der Waals surface area contributed by atoms with Crippen LogP contribution in [0.3, 0.4) is 0 Å². The molecule has 2 N–H and O–H groups in total. The summed E-state index contributed by atoms with van der Waals surface area (Å²) in [5, 5.41) is -0.206. The maximum atomic E-state index is 12.9. The van der Waals surface area contributed by atoms with Crippen LogP contribution in [0, 0.1) is 13.8 Å². The molecule has 2 heterocycles. The van der Waals surface area contributed by atoms with E-state index in [1.165, 1.54) is 6.07 Å². The van der Waals surface area contributed by atoms with E-state index < -0.39 is 15.8 Å².